The largest absolute Gasteiger partial charge is 0.416 e. The summed E-state index contributed by atoms with van der Waals surface area (Å²) < 4.78 is 68.3. The van der Waals surface area contributed by atoms with Crippen LogP contribution < -0.4 is 5.32 Å². The minimum absolute atomic E-state index is 0.0490. The summed E-state index contributed by atoms with van der Waals surface area (Å²) in [6, 6.07) is 15.3. The Labute approximate surface area is 221 Å². The maximum atomic E-state index is 13.9. The average molecular weight is 547 g/mol. The Morgan fingerprint density at radius 2 is 1.51 bits per heavy atom. The first-order chi connectivity index (χ1) is 18.2. The van der Waals surface area contributed by atoms with E-state index in [4.69, 9.17) is 0 Å². The third-order valence-electron chi connectivity index (χ3n) is 6.56. The number of anilines is 1. The van der Waals surface area contributed by atoms with E-state index in [9.17, 15) is 31.9 Å². The van der Waals surface area contributed by atoms with Crippen molar-refractivity contribution in [1.82, 2.24) is 15.0 Å². The van der Waals surface area contributed by atoms with Crippen LogP contribution in [0.4, 0.5) is 27.6 Å². The minimum Gasteiger partial charge on any atom is -0.387 e. The van der Waals surface area contributed by atoms with E-state index in [0.29, 0.717) is 34.4 Å². The van der Waals surface area contributed by atoms with E-state index < -0.39 is 29.2 Å². The molecule has 39 heavy (non-hydrogen) atoms. The Morgan fingerprint density at radius 3 is 2.10 bits per heavy atom. The average Bonchev–Trinajstić information content (AvgIpc) is 3.25. The van der Waals surface area contributed by atoms with Crippen LogP contribution in [0.3, 0.4) is 0 Å². The summed E-state index contributed by atoms with van der Waals surface area (Å²) in [6.45, 7) is 5.16. The molecule has 11 heteroatoms. The normalized spacial score (nSPS) is 13.5. The molecule has 4 rings (SSSR count). The second-order valence-electron chi connectivity index (χ2n) is 10.1. The molecule has 4 aromatic rings. The topological polar surface area (TPSA) is 80.0 Å². The van der Waals surface area contributed by atoms with Gasteiger partial charge < -0.3 is 10.4 Å². The number of nitrogens with zero attached hydrogens (tertiary/aromatic N) is 3. The molecule has 0 spiro atoms. The van der Waals surface area contributed by atoms with Crippen molar-refractivity contribution in [3.63, 3.8) is 0 Å². The van der Waals surface area contributed by atoms with Crippen molar-refractivity contribution in [2.45, 2.75) is 57.4 Å². The van der Waals surface area contributed by atoms with E-state index in [1.165, 1.54) is 36.4 Å². The lowest BCUT2D eigenvalue weighted by Gasteiger charge is -2.25. The lowest BCUT2D eigenvalue weighted by Crippen LogP contribution is -2.27. The zero-order valence-electron chi connectivity index (χ0n) is 21.4. The number of carbonyl (C=O) groups excluding carboxylic acids is 1. The van der Waals surface area contributed by atoms with E-state index >= 15 is 0 Å². The summed E-state index contributed by atoms with van der Waals surface area (Å²) >= 11 is 0. The van der Waals surface area contributed by atoms with Crippen LogP contribution in [0.5, 0.6) is 0 Å². The standard InChI is InChI=1S/C28H27F5N4O2/c1-17(38)27(29,30)20-6-4-18(5-7-20)14-25(39)34-22-12-13-24-23(15-22)35-36-37(24)16-26(2,3)19-8-10-21(11-9-19)28(31,32)33/h4-13,15,17,38H,14,16H2,1-3H3,(H,34,39)/t17-/m0/s1. The van der Waals surface area contributed by atoms with Gasteiger partial charge in [-0.2, -0.15) is 22.0 Å². The van der Waals surface area contributed by atoms with Gasteiger partial charge in [0.2, 0.25) is 5.91 Å². The molecule has 0 aliphatic carbocycles. The van der Waals surface area contributed by atoms with Crippen molar-refractivity contribution in [3.8, 4) is 0 Å². The van der Waals surface area contributed by atoms with Gasteiger partial charge in [0.25, 0.3) is 5.92 Å². The Hall–Kier alpha value is -3.86. The van der Waals surface area contributed by atoms with Crippen molar-refractivity contribution in [2.24, 2.45) is 0 Å². The van der Waals surface area contributed by atoms with Gasteiger partial charge in [-0.05, 0) is 48.4 Å². The zero-order valence-corrected chi connectivity index (χ0v) is 21.4. The quantitative estimate of drug-likeness (QED) is 0.263. The van der Waals surface area contributed by atoms with E-state index in [-0.39, 0.29) is 17.9 Å². The molecule has 0 aliphatic heterocycles. The molecule has 0 unspecified atom stereocenters. The second kappa shape index (κ2) is 10.4. The van der Waals surface area contributed by atoms with Gasteiger partial charge in [-0.1, -0.05) is 55.5 Å². The SMILES string of the molecule is C[C@H](O)C(F)(F)c1ccc(CC(=O)Nc2ccc3c(c2)nnn3CC(C)(C)c2ccc(C(F)(F)F)cc2)cc1. The van der Waals surface area contributed by atoms with Gasteiger partial charge in [-0.3, -0.25) is 4.79 Å². The fraction of sp³-hybridized carbons (Fsp3) is 0.321. The number of hydrogen-bond acceptors (Lipinski definition) is 4. The summed E-state index contributed by atoms with van der Waals surface area (Å²) in [7, 11) is 0. The molecule has 0 bridgehead atoms. The monoisotopic (exact) mass is 546 g/mol. The first kappa shape index (κ1) is 28.2. The number of nitrogens with one attached hydrogen (secondary N) is 1. The molecule has 0 saturated carbocycles. The predicted octanol–water partition coefficient (Wildman–Crippen LogP) is 6.08. The van der Waals surface area contributed by atoms with Gasteiger partial charge in [-0.25, -0.2) is 4.68 Å². The lowest BCUT2D eigenvalue weighted by molar-refractivity contribution is -0.137. The molecule has 1 heterocycles. The van der Waals surface area contributed by atoms with Crippen molar-refractivity contribution in [1.29, 1.82) is 0 Å². The summed E-state index contributed by atoms with van der Waals surface area (Å²) in [6.07, 6.45) is -6.29. The van der Waals surface area contributed by atoms with Gasteiger partial charge in [0.1, 0.15) is 11.6 Å². The van der Waals surface area contributed by atoms with Crippen molar-refractivity contribution < 1.29 is 31.9 Å². The molecule has 0 fully saturated rings. The third kappa shape index (κ3) is 6.25. The van der Waals surface area contributed by atoms with Gasteiger partial charge in [0.05, 0.1) is 24.0 Å². The maximum Gasteiger partial charge on any atom is 0.416 e. The van der Waals surface area contributed by atoms with Gasteiger partial charge in [0, 0.05) is 16.7 Å². The maximum absolute atomic E-state index is 13.9. The molecule has 0 aliphatic rings. The third-order valence-corrected chi connectivity index (χ3v) is 6.56. The van der Waals surface area contributed by atoms with Gasteiger partial charge in [-0.15, -0.1) is 5.10 Å². The number of halogens is 5. The predicted molar refractivity (Wildman–Crippen MR) is 136 cm³/mol. The number of aliphatic hydroxyl groups is 1. The van der Waals surface area contributed by atoms with Crippen molar-refractivity contribution in [3.05, 3.63) is 89.0 Å². The van der Waals surface area contributed by atoms with E-state index in [2.05, 4.69) is 15.6 Å². The molecule has 2 N–H and O–H groups in total. The highest BCUT2D eigenvalue weighted by molar-refractivity contribution is 5.94. The number of carbonyl (C=O) groups is 1. The first-order valence-electron chi connectivity index (χ1n) is 12.1. The Kier molecular flexibility index (Phi) is 7.48. The van der Waals surface area contributed by atoms with E-state index in [1.807, 2.05) is 13.8 Å². The molecule has 206 valence electrons. The molecule has 0 radical (unpaired) electrons. The summed E-state index contributed by atoms with van der Waals surface area (Å²) in [5.41, 5.74) is 1.31. The van der Waals surface area contributed by atoms with Crippen LogP contribution in [0.1, 0.15) is 43.0 Å². The molecular weight excluding hydrogens is 519 g/mol. The summed E-state index contributed by atoms with van der Waals surface area (Å²) in [4.78, 5) is 12.5. The molecule has 1 amide bonds. The van der Waals surface area contributed by atoms with Crippen LogP contribution in [0.25, 0.3) is 11.0 Å². The molecule has 1 aromatic heterocycles. The Balaban J connectivity index is 1.43. The second-order valence-corrected chi connectivity index (χ2v) is 10.1. The minimum atomic E-state index is -4.40. The molecular formula is C28H27F5N4O2. The molecule has 6 nitrogen and oxygen atoms in total. The Bertz CT molecular complexity index is 1460. The fourth-order valence-electron chi connectivity index (χ4n) is 4.22. The fourth-order valence-corrected chi connectivity index (χ4v) is 4.22. The van der Waals surface area contributed by atoms with Gasteiger partial charge >= 0.3 is 6.18 Å². The number of aliphatic hydroxyl groups excluding tert-OH is 1. The van der Waals surface area contributed by atoms with Crippen LogP contribution in [0.2, 0.25) is 0 Å². The van der Waals surface area contributed by atoms with Crippen LogP contribution in [0.15, 0.2) is 66.7 Å². The Morgan fingerprint density at radius 1 is 0.923 bits per heavy atom. The van der Waals surface area contributed by atoms with E-state index in [1.54, 1.807) is 22.9 Å². The number of alkyl halides is 5. The number of amides is 1. The number of hydrogen-bond donors (Lipinski definition) is 2. The molecule has 0 saturated heterocycles. The van der Waals surface area contributed by atoms with Crippen molar-refractivity contribution >= 4 is 22.6 Å². The number of fused-ring (bicyclic) bond motifs is 1. The number of benzene rings is 3. The summed E-state index contributed by atoms with van der Waals surface area (Å²) in [5.74, 6) is -3.75. The van der Waals surface area contributed by atoms with Crippen LogP contribution in [0, 0.1) is 0 Å². The van der Waals surface area contributed by atoms with Crippen LogP contribution in [-0.2, 0) is 35.3 Å². The van der Waals surface area contributed by atoms with Crippen molar-refractivity contribution in [2.75, 3.05) is 5.32 Å². The smallest absolute Gasteiger partial charge is 0.387 e. The van der Waals surface area contributed by atoms with E-state index in [0.717, 1.165) is 19.1 Å². The lowest BCUT2D eigenvalue weighted by atomic mass is 9.84. The van der Waals surface area contributed by atoms with Gasteiger partial charge in [0.15, 0.2) is 0 Å². The van der Waals surface area contributed by atoms with Crippen LogP contribution >= 0.6 is 0 Å². The number of rotatable bonds is 8. The summed E-state index contributed by atoms with van der Waals surface area (Å²) in [5, 5.41) is 20.4. The first-order valence-corrected chi connectivity index (χ1v) is 12.1. The highest BCUT2D eigenvalue weighted by atomic mass is 19.4. The molecule has 1 atom stereocenters. The zero-order chi connectivity index (χ0) is 28.6. The molecule has 3 aromatic carbocycles. The highest BCUT2D eigenvalue weighted by Gasteiger charge is 2.37. The number of aromatic nitrogens is 3. The van der Waals surface area contributed by atoms with Crippen LogP contribution in [-0.4, -0.2) is 32.1 Å². The highest BCUT2D eigenvalue weighted by Crippen LogP contribution is 2.33.